The standard InChI is InChI=1S/C39H35N5O10S7.V/c1-24-9-12-33-29(17-24)44(39(58-33)21-37-42(15-5-6-16-60(47,48)49)27-7-3-4-8-31(27)56-37)23-40-35(45)22-43-30-18-25(59-54-53-46)10-13-34(30)57-38(43)20-36-41(2)28-19-26(61(50,51)52)11-14-32(28)55-36;/h4,7-14,17-21H,5-6,15-16,22-23H2,1-2H3,(H3-,40,45,46,47,48,49,50,51,52);/p-2. The number of carbonyl (C=O) groups is 1. The Morgan fingerprint density at radius 3 is 2.32 bits per heavy atom. The molecule has 0 unspecified atom stereocenters. The van der Waals surface area contributed by atoms with Gasteiger partial charge in [0, 0.05) is 51.5 Å². The van der Waals surface area contributed by atoms with E-state index in [2.05, 4.69) is 37.5 Å². The van der Waals surface area contributed by atoms with Gasteiger partial charge in [-0.1, -0.05) is 52.3 Å². The summed E-state index contributed by atoms with van der Waals surface area (Å²) in [7, 11) is -7.22. The Kier molecular flexibility index (Phi) is 14.5. The minimum absolute atomic E-state index is 0. The number of fused-ring (bicyclic) bond motifs is 4. The number of anilines is 2. The predicted octanol–water partition coefficient (Wildman–Crippen LogP) is 5.39. The van der Waals surface area contributed by atoms with Crippen LogP contribution in [0.3, 0.4) is 0 Å². The summed E-state index contributed by atoms with van der Waals surface area (Å²) in [6.45, 7) is 2.52. The molecule has 2 aliphatic heterocycles. The number of rotatable bonds is 15. The number of thioether (sulfide) groups is 2. The van der Waals surface area contributed by atoms with Gasteiger partial charge in [0.15, 0.2) is 0 Å². The van der Waals surface area contributed by atoms with E-state index >= 15 is 0 Å². The van der Waals surface area contributed by atoms with Crippen molar-refractivity contribution in [3.8, 4) is 0 Å². The molecule has 0 spiro atoms. The van der Waals surface area contributed by atoms with Gasteiger partial charge in [-0.05, 0) is 66.1 Å². The molecule has 0 fully saturated rings. The molecule has 2 aliphatic rings. The van der Waals surface area contributed by atoms with Gasteiger partial charge >= 0.3 is 0 Å². The van der Waals surface area contributed by atoms with Gasteiger partial charge in [0.05, 0.1) is 67.3 Å². The molecule has 0 aliphatic carbocycles. The fraction of sp³-hybridized carbons (Fsp3) is 0.205. The number of carbonyl (C=O) groups excluding carboxylic acids is 1. The monoisotopic (exact) mass is 1010 g/mol. The first kappa shape index (κ1) is 46.5. The quantitative estimate of drug-likeness (QED) is 0.0261. The van der Waals surface area contributed by atoms with Gasteiger partial charge in [0.2, 0.25) is 11.4 Å². The third-order valence-electron chi connectivity index (χ3n) is 9.70. The first-order valence-electron chi connectivity index (χ1n) is 18.3. The Morgan fingerprint density at radius 2 is 1.58 bits per heavy atom. The second-order valence-electron chi connectivity index (χ2n) is 13.8. The van der Waals surface area contributed by atoms with Crippen LogP contribution in [0.4, 0.5) is 11.4 Å². The summed E-state index contributed by atoms with van der Waals surface area (Å²) in [6, 6.07) is 24.6. The van der Waals surface area contributed by atoms with Crippen LogP contribution in [0.25, 0.3) is 32.6 Å². The maximum Gasteiger partial charge on any atom is 0.265 e. The Morgan fingerprint density at radius 1 is 0.887 bits per heavy atom. The summed E-state index contributed by atoms with van der Waals surface area (Å²) in [5, 5.41) is 20.5. The third kappa shape index (κ3) is 10.4. The molecule has 6 aromatic rings. The summed E-state index contributed by atoms with van der Waals surface area (Å²) in [5.74, 6) is -0.726. The van der Waals surface area contributed by atoms with E-state index in [1.807, 2.05) is 59.2 Å². The summed E-state index contributed by atoms with van der Waals surface area (Å²) < 4.78 is 79.4. The van der Waals surface area contributed by atoms with E-state index in [4.69, 9.17) is 0 Å². The molecule has 8 rings (SSSR count). The number of hydrogen-bond acceptors (Lipinski definition) is 17. The molecular formula is C39H33N5O10S7V-2. The zero-order valence-corrected chi connectivity index (χ0v) is 39.6. The van der Waals surface area contributed by atoms with Crippen LogP contribution in [0.2, 0.25) is 0 Å². The van der Waals surface area contributed by atoms with Gasteiger partial charge in [-0.2, -0.15) is 21.0 Å². The van der Waals surface area contributed by atoms with Crippen LogP contribution >= 0.6 is 58.2 Å². The minimum Gasteiger partial charge on any atom is -0.748 e. The van der Waals surface area contributed by atoms with E-state index in [9.17, 15) is 36.0 Å². The Hall–Kier alpha value is -3.46. The van der Waals surface area contributed by atoms with Gasteiger partial charge < -0.3 is 29.5 Å². The van der Waals surface area contributed by atoms with Crippen molar-refractivity contribution in [1.29, 1.82) is 0 Å². The second-order valence-corrected chi connectivity index (χ2v) is 21.7. The van der Waals surface area contributed by atoms with Crippen molar-refractivity contribution in [2.75, 3.05) is 28.8 Å². The molecule has 0 bridgehead atoms. The van der Waals surface area contributed by atoms with Crippen molar-refractivity contribution >= 4 is 128 Å². The van der Waals surface area contributed by atoms with Crippen LogP contribution in [0.5, 0.6) is 0 Å². The number of unbranched alkanes of at least 4 members (excludes halogenated alkanes) is 1. The maximum atomic E-state index is 14.1. The largest absolute Gasteiger partial charge is 0.748 e. The van der Waals surface area contributed by atoms with E-state index in [1.165, 1.54) is 35.2 Å². The summed E-state index contributed by atoms with van der Waals surface area (Å²) in [4.78, 5) is 20.1. The van der Waals surface area contributed by atoms with E-state index in [0.717, 1.165) is 63.0 Å². The molecule has 15 nitrogen and oxygen atoms in total. The first-order chi connectivity index (χ1) is 29.1. The molecule has 0 saturated heterocycles. The molecule has 4 aromatic carbocycles. The first-order valence-corrected chi connectivity index (χ1v) is 25.3. The molecule has 0 atom stereocenters. The van der Waals surface area contributed by atoms with Gasteiger partial charge in [0.1, 0.15) is 40.5 Å². The zero-order chi connectivity index (χ0) is 43.1. The average molecular weight is 1010 g/mol. The van der Waals surface area contributed by atoms with Gasteiger partial charge in [-0.25, -0.2) is 21.4 Å². The number of aromatic nitrogens is 2. The molecule has 0 saturated carbocycles. The van der Waals surface area contributed by atoms with Crippen molar-refractivity contribution < 1.29 is 73.1 Å². The average Bonchev–Trinajstić information content (AvgIpc) is 3.94. The number of thiazole rings is 2. The summed E-state index contributed by atoms with van der Waals surface area (Å²) in [5.41, 5.74) is 4.15. The Bertz CT molecular complexity index is 2990. The number of benzene rings is 4. The van der Waals surface area contributed by atoms with Crippen LogP contribution in [-0.2, 0) is 66.6 Å². The Balaban J connectivity index is 0.00000578. The smallest absolute Gasteiger partial charge is 0.265 e. The molecule has 62 heavy (non-hydrogen) atoms. The van der Waals surface area contributed by atoms with Crippen molar-refractivity contribution in [2.24, 2.45) is 7.05 Å². The molecule has 1 amide bonds. The number of hydrogen-bond donors (Lipinski definition) is 1. The van der Waals surface area contributed by atoms with Crippen LogP contribution in [0.1, 0.15) is 28.4 Å². The fourth-order valence-electron chi connectivity index (χ4n) is 6.82. The molecule has 323 valence electrons. The van der Waals surface area contributed by atoms with E-state index in [-0.39, 0.29) is 49.0 Å². The molecule has 2 aromatic heterocycles. The predicted molar refractivity (Wildman–Crippen MR) is 232 cm³/mol. The number of nitrogens with zero attached hydrogens (tertiary/aromatic N) is 4. The SMILES string of the molecule is Cc1ccc2c(c1)N(CNC(=O)CN1C(=Cc3sc4ccc(S(=O)(=O)[O-])cc4[n+]3C)Sc3ccc(SOO[O-])cc31)C(=Cc1sc3cc[c-]cc3[n+]1CCCCS(=O)(=O)[O-])S2.[V]. The molecule has 4 heterocycles. The molecule has 23 heteroatoms. The number of aryl methyl sites for hydroxylation is 3. The Labute approximate surface area is 389 Å². The zero-order valence-electron chi connectivity index (χ0n) is 32.5. The third-order valence-corrected chi connectivity index (χ3v) is 16.4. The van der Waals surface area contributed by atoms with Crippen molar-refractivity contribution in [3.63, 3.8) is 0 Å². The van der Waals surface area contributed by atoms with Crippen LogP contribution in [0.15, 0.2) is 102 Å². The summed E-state index contributed by atoms with van der Waals surface area (Å²) >= 11 is 6.69. The van der Waals surface area contributed by atoms with Crippen molar-refractivity contribution in [2.45, 2.75) is 45.9 Å². The summed E-state index contributed by atoms with van der Waals surface area (Å²) in [6.07, 6.45) is 4.67. The molecule has 1 N–H and O–H groups in total. The van der Waals surface area contributed by atoms with E-state index in [1.54, 1.807) is 52.9 Å². The van der Waals surface area contributed by atoms with E-state index < -0.39 is 26.0 Å². The van der Waals surface area contributed by atoms with Crippen molar-refractivity contribution in [3.05, 3.63) is 104 Å². The van der Waals surface area contributed by atoms with E-state index in [0.29, 0.717) is 34.1 Å². The maximum absolute atomic E-state index is 14.1. The fourth-order valence-corrected chi connectivity index (χ4v) is 12.7. The van der Waals surface area contributed by atoms with Crippen LogP contribution < -0.4 is 29.5 Å². The van der Waals surface area contributed by atoms with Crippen molar-refractivity contribution in [1.82, 2.24) is 5.32 Å². The van der Waals surface area contributed by atoms with Gasteiger partial charge in [0.25, 0.3) is 10.0 Å². The molecule has 1 radical (unpaired) electrons. The van der Waals surface area contributed by atoms with Gasteiger partial charge in [-0.15, -0.1) is 12.1 Å². The normalized spacial score (nSPS) is 15.2. The van der Waals surface area contributed by atoms with Gasteiger partial charge in [-0.3, -0.25) is 9.83 Å². The topological polar surface area (TPSA) is 199 Å². The molecular weight excluding hydrogens is 974 g/mol. The second kappa shape index (κ2) is 19.3. The number of nitrogens with one attached hydrogen (secondary N) is 1. The van der Waals surface area contributed by atoms with Crippen LogP contribution in [0, 0.1) is 13.0 Å². The minimum atomic E-state index is -4.67. The number of amides is 1. The van der Waals surface area contributed by atoms with Crippen LogP contribution in [-0.4, -0.2) is 50.8 Å².